The number of fused-ring (bicyclic) bond motifs is 2. The largest absolute Gasteiger partial charge is 0.304 e. The molecule has 2 unspecified atom stereocenters. The van der Waals surface area contributed by atoms with Crippen molar-refractivity contribution in [3.8, 4) is 0 Å². The van der Waals surface area contributed by atoms with Crippen LogP contribution in [-0.2, 0) is 0 Å². The van der Waals surface area contributed by atoms with Crippen LogP contribution in [0.25, 0.3) is 0 Å². The van der Waals surface area contributed by atoms with Crippen LogP contribution < -0.4 is 0 Å². The minimum Gasteiger partial charge on any atom is -0.304 e. The number of nitrogens with one attached hydrogen (secondary N) is 1. The van der Waals surface area contributed by atoms with Crippen LogP contribution >= 0.6 is 0 Å². The van der Waals surface area contributed by atoms with Crippen LogP contribution in [0.5, 0.6) is 0 Å². The molecule has 0 bridgehead atoms. The van der Waals surface area contributed by atoms with E-state index in [4.69, 9.17) is 5.41 Å². The number of rotatable bonds is 0. The van der Waals surface area contributed by atoms with Crippen molar-refractivity contribution in [1.29, 1.82) is 5.41 Å². The number of hydrogen-bond acceptors (Lipinski definition) is 1. The van der Waals surface area contributed by atoms with Gasteiger partial charge < -0.3 is 5.41 Å². The van der Waals surface area contributed by atoms with Gasteiger partial charge in [-0.1, -0.05) is 60.8 Å². The lowest BCUT2D eigenvalue weighted by atomic mass is 9.78. The molecule has 0 aromatic rings. The summed E-state index contributed by atoms with van der Waals surface area (Å²) < 4.78 is 0. The lowest BCUT2D eigenvalue weighted by Crippen LogP contribution is -2.22. The molecule has 0 saturated heterocycles. The smallest absolute Gasteiger partial charge is 0.0464 e. The van der Waals surface area contributed by atoms with Crippen LogP contribution in [-0.4, -0.2) is 5.71 Å². The van der Waals surface area contributed by atoms with Crippen LogP contribution in [0.15, 0.2) is 71.9 Å². The Labute approximate surface area is 102 Å². The van der Waals surface area contributed by atoms with Gasteiger partial charge >= 0.3 is 0 Å². The topological polar surface area (TPSA) is 23.9 Å². The lowest BCUT2D eigenvalue weighted by Gasteiger charge is -2.26. The first-order valence-corrected chi connectivity index (χ1v) is 6.05. The van der Waals surface area contributed by atoms with Crippen molar-refractivity contribution in [3.05, 3.63) is 71.9 Å². The van der Waals surface area contributed by atoms with E-state index in [0.717, 1.165) is 12.1 Å². The van der Waals surface area contributed by atoms with Gasteiger partial charge in [0.25, 0.3) is 0 Å². The van der Waals surface area contributed by atoms with Crippen molar-refractivity contribution in [3.63, 3.8) is 0 Å². The normalized spacial score (nSPS) is 34.9. The molecule has 1 heteroatoms. The van der Waals surface area contributed by atoms with Crippen molar-refractivity contribution < 1.29 is 0 Å². The molecular formula is C16H15N. The first-order chi connectivity index (χ1) is 8.36. The molecule has 0 spiro atoms. The molecule has 2 atom stereocenters. The molecule has 1 nitrogen and oxygen atoms in total. The summed E-state index contributed by atoms with van der Waals surface area (Å²) in [6.45, 7) is 0. The zero-order chi connectivity index (χ0) is 11.7. The molecule has 1 N–H and O–H groups in total. The zero-order valence-corrected chi connectivity index (χ0v) is 9.64. The van der Waals surface area contributed by atoms with Gasteiger partial charge in [-0.3, -0.25) is 0 Å². The Morgan fingerprint density at radius 3 is 2.88 bits per heavy atom. The second kappa shape index (κ2) is 4.17. The van der Waals surface area contributed by atoms with E-state index < -0.39 is 0 Å². The van der Waals surface area contributed by atoms with E-state index in [1.165, 1.54) is 11.1 Å². The second-order valence-electron chi connectivity index (χ2n) is 4.58. The van der Waals surface area contributed by atoms with Crippen molar-refractivity contribution in [2.24, 2.45) is 11.8 Å². The van der Waals surface area contributed by atoms with E-state index in [1.54, 1.807) is 0 Å². The number of allylic oxidation sites excluding steroid dienone is 12. The van der Waals surface area contributed by atoms with Crippen molar-refractivity contribution in [2.45, 2.75) is 6.42 Å². The summed E-state index contributed by atoms with van der Waals surface area (Å²) in [5.74, 6) is 0.509. The highest BCUT2D eigenvalue weighted by Gasteiger charge is 2.25. The monoisotopic (exact) mass is 221 g/mol. The first kappa shape index (κ1) is 10.3. The van der Waals surface area contributed by atoms with Gasteiger partial charge in [-0.2, -0.15) is 0 Å². The summed E-state index contributed by atoms with van der Waals surface area (Å²) in [6, 6.07) is 0. The third-order valence-electron chi connectivity index (χ3n) is 3.52. The predicted octanol–water partition coefficient (Wildman–Crippen LogP) is 3.75. The van der Waals surface area contributed by atoms with Gasteiger partial charge in [0.1, 0.15) is 0 Å². The first-order valence-electron chi connectivity index (χ1n) is 6.05. The highest BCUT2D eigenvalue weighted by atomic mass is 14.5. The summed E-state index contributed by atoms with van der Waals surface area (Å²) in [5, 5.41) is 8.41. The second-order valence-corrected chi connectivity index (χ2v) is 4.58. The molecule has 3 aliphatic rings. The van der Waals surface area contributed by atoms with Gasteiger partial charge in [-0.05, 0) is 17.6 Å². The van der Waals surface area contributed by atoms with Gasteiger partial charge in [-0.25, -0.2) is 0 Å². The minimum atomic E-state index is 0.130. The Kier molecular flexibility index (Phi) is 2.52. The Balaban J connectivity index is 2.07. The lowest BCUT2D eigenvalue weighted by molar-refractivity contribution is 0.780. The molecule has 0 heterocycles. The average Bonchev–Trinajstić information content (AvgIpc) is 2.37. The fraction of sp³-hybridized carbons (Fsp3) is 0.188. The maximum Gasteiger partial charge on any atom is 0.0464 e. The van der Waals surface area contributed by atoms with E-state index in [9.17, 15) is 0 Å². The van der Waals surface area contributed by atoms with Crippen molar-refractivity contribution in [2.75, 3.05) is 0 Å². The van der Waals surface area contributed by atoms with E-state index in [1.807, 2.05) is 12.2 Å². The zero-order valence-electron chi connectivity index (χ0n) is 9.64. The standard InChI is InChI=1S/C16H15N/c17-16-14-10-3-1-6-12(14)8-5-9-13-7-2-4-11-15(13)16/h1-6,8-11,13-14,17H,7H2/b9-5-,12-8-,17-16?. The quantitative estimate of drug-likeness (QED) is 0.644. The van der Waals surface area contributed by atoms with E-state index >= 15 is 0 Å². The maximum atomic E-state index is 8.41. The molecule has 3 rings (SSSR count). The van der Waals surface area contributed by atoms with Crippen LogP contribution in [0.2, 0.25) is 0 Å². The Morgan fingerprint density at radius 2 is 1.94 bits per heavy atom. The van der Waals surface area contributed by atoms with Crippen LogP contribution in [0.1, 0.15) is 6.42 Å². The Hall–Kier alpha value is -1.89. The molecule has 0 radical (unpaired) electrons. The van der Waals surface area contributed by atoms with Gasteiger partial charge in [0.05, 0.1) is 0 Å². The predicted molar refractivity (Wildman–Crippen MR) is 72.0 cm³/mol. The molecule has 0 saturated carbocycles. The van der Waals surface area contributed by atoms with Crippen molar-refractivity contribution >= 4 is 5.71 Å². The fourth-order valence-corrected chi connectivity index (χ4v) is 2.58. The van der Waals surface area contributed by atoms with Gasteiger partial charge in [-0.15, -0.1) is 0 Å². The molecule has 0 aromatic heterocycles. The molecule has 0 aliphatic heterocycles. The third kappa shape index (κ3) is 1.78. The average molecular weight is 221 g/mol. The maximum absolute atomic E-state index is 8.41. The van der Waals surface area contributed by atoms with Crippen LogP contribution in [0.3, 0.4) is 0 Å². The molecule has 3 aliphatic carbocycles. The SMILES string of the molecule is N=C1C2=CC=CCC2/C=C\C=C2\C=CC=CC12. The molecule has 0 amide bonds. The molecule has 84 valence electrons. The highest BCUT2D eigenvalue weighted by Crippen LogP contribution is 2.32. The molecule has 0 aromatic carbocycles. The summed E-state index contributed by atoms with van der Waals surface area (Å²) in [6.07, 6.45) is 22.1. The fourth-order valence-electron chi connectivity index (χ4n) is 2.58. The Morgan fingerprint density at radius 1 is 1.00 bits per heavy atom. The van der Waals surface area contributed by atoms with E-state index in [2.05, 4.69) is 48.6 Å². The summed E-state index contributed by atoms with van der Waals surface area (Å²) >= 11 is 0. The molecule has 17 heavy (non-hydrogen) atoms. The summed E-state index contributed by atoms with van der Waals surface area (Å²) in [7, 11) is 0. The van der Waals surface area contributed by atoms with Crippen molar-refractivity contribution in [1.82, 2.24) is 0 Å². The third-order valence-corrected chi connectivity index (χ3v) is 3.52. The van der Waals surface area contributed by atoms with Gasteiger partial charge in [0, 0.05) is 17.5 Å². The highest BCUT2D eigenvalue weighted by molar-refractivity contribution is 6.04. The van der Waals surface area contributed by atoms with Gasteiger partial charge in [0.15, 0.2) is 0 Å². The Bertz CT molecular complexity index is 524. The minimum absolute atomic E-state index is 0.130. The number of hydrogen-bond donors (Lipinski definition) is 1. The van der Waals surface area contributed by atoms with Crippen LogP contribution in [0, 0.1) is 17.2 Å². The molecular weight excluding hydrogens is 206 g/mol. The van der Waals surface area contributed by atoms with Crippen LogP contribution in [0.4, 0.5) is 0 Å². The van der Waals surface area contributed by atoms with E-state index in [-0.39, 0.29) is 5.92 Å². The summed E-state index contributed by atoms with van der Waals surface area (Å²) in [5.41, 5.74) is 3.12. The van der Waals surface area contributed by atoms with E-state index in [0.29, 0.717) is 5.92 Å². The molecule has 0 fully saturated rings. The van der Waals surface area contributed by atoms with Gasteiger partial charge in [0.2, 0.25) is 0 Å². The summed E-state index contributed by atoms with van der Waals surface area (Å²) in [4.78, 5) is 0.